The Bertz CT molecular complexity index is 1360. The lowest BCUT2D eigenvalue weighted by Crippen LogP contribution is -2.55. The van der Waals surface area contributed by atoms with Gasteiger partial charge in [0, 0.05) is 43.7 Å². The summed E-state index contributed by atoms with van der Waals surface area (Å²) in [5, 5.41) is 20.7. The van der Waals surface area contributed by atoms with Gasteiger partial charge in [-0.3, -0.25) is 4.90 Å². The van der Waals surface area contributed by atoms with Crippen LogP contribution < -0.4 is 15.0 Å². The molecule has 6 rings (SSSR count). The maximum Gasteiger partial charge on any atom is 0.407 e. The predicted molar refractivity (Wildman–Crippen MR) is 132 cm³/mol. The van der Waals surface area contributed by atoms with Gasteiger partial charge in [0.1, 0.15) is 17.8 Å². The number of carboxylic acid groups (broad SMARTS) is 1. The fourth-order valence-electron chi connectivity index (χ4n) is 5.29. The number of hydrogen-bond acceptors (Lipinski definition) is 7. The number of carbonyl (C=O) groups is 2. The number of likely N-dealkylation sites (tertiary alicyclic amines) is 1. The number of ether oxygens (including phenoxy) is 2. The number of carbonyl (C=O) groups excluding carboxylic acids is 1. The Kier molecular flexibility index (Phi) is 5.48. The van der Waals surface area contributed by atoms with Gasteiger partial charge in [0.15, 0.2) is 11.6 Å². The molecule has 12 nitrogen and oxygen atoms in total. The topological polar surface area (TPSA) is 135 Å². The number of nitrogens with one attached hydrogen (secondary N) is 1. The van der Waals surface area contributed by atoms with E-state index in [1.165, 1.54) is 4.90 Å². The zero-order valence-corrected chi connectivity index (χ0v) is 20.3. The largest absolute Gasteiger partial charge is 0.480 e. The van der Waals surface area contributed by atoms with Crippen molar-refractivity contribution in [2.45, 2.75) is 23.9 Å². The first-order valence-corrected chi connectivity index (χ1v) is 12.1. The normalized spacial score (nSPS) is 21.8. The molecule has 3 amide bonds. The van der Waals surface area contributed by atoms with E-state index in [-0.39, 0.29) is 24.5 Å². The molecule has 192 valence electrons. The number of anilines is 2. The van der Waals surface area contributed by atoms with Crippen LogP contribution in [0.15, 0.2) is 48.9 Å². The van der Waals surface area contributed by atoms with Crippen molar-refractivity contribution in [3.8, 4) is 5.75 Å². The van der Waals surface area contributed by atoms with Gasteiger partial charge in [0.2, 0.25) is 0 Å². The van der Waals surface area contributed by atoms with Gasteiger partial charge in [0.25, 0.3) is 0 Å². The molecule has 0 bridgehead atoms. The summed E-state index contributed by atoms with van der Waals surface area (Å²) in [6.45, 7) is 1.83. The number of benzene rings is 1. The monoisotopic (exact) mass is 505 g/mol. The fourth-order valence-corrected chi connectivity index (χ4v) is 5.29. The second-order valence-corrected chi connectivity index (χ2v) is 9.97. The zero-order valence-electron chi connectivity index (χ0n) is 20.3. The lowest BCUT2D eigenvalue weighted by molar-refractivity contribution is -0.0610. The van der Waals surface area contributed by atoms with Crippen molar-refractivity contribution >= 4 is 23.6 Å². The Hall–Kier alpha value is -4.19. The average molecular weight is 506 g/mol. The lowest BCUT2D eigenvalue weighted by atomic mass is 9.75. The molecule has 1 unspecified atom stereocenters. The standard InChI is InChI=1S/C25H27N7O5/c1-30-16-27-29-20(30)11-24(14-36-15-24)17-4-2-5-18(10-17)28-22(33)32-13-25(7-9-31(12-25)23(34)35)37-19-6-3-8-26-21(19)32/h2-6,8,10,16H,7,9,11-15H2,1H3,(H,28,33)(H,34,35). The highest BCUT2D eigenvalue weighted by Gasteiger charge is 2.48. The van der Waals surface area contributed by atoms with Crippen LogP contribution in [0.2, 0.25) is 0 Å². The Labute approximate surface area is 212 Å². The third-order valence-corrected chi connectivity index (χ3v) is 7.40. The summed E-state index contributed by atoms with van der Waals surface area (Å²) >= 11 is 0. The summed E-state index contributed by atoms with van der Waals surface area (Å²) in [5.74, 6) is 1.73. The van der Waals surface area contributed by atoms with Crippen molar-refractivity contribution < 1.29 is 24.2 Å². The van der Waals surface area contributed by atoms with Crippen LogP contribution in [0.25, 0.3) is 0 Å². The first kappa shape index (κ1) is 23.2. The van der Waals surface area contributed by atoms with Gasteiger partial charge in [-0.05, 0) is 29.8 Å². The predicted octanol–water partition coefficient (Wildman–Crippen LogP) is 2.27. The molecule has 12 heteroatoms. The molecule has 0 aliphatic carbocycles. The molecule has 2 N–H and O–H groups in total. The highest BCUT2D eigenvalue weighted by Crippen LogP contribution is 2.40. The molecule has 3 aromatic rings. The van der Waals surface area contributed by atoms with Crippen LogP contribution in [-0.2, 0) is 23.6 Å². The molecule has 5 heterocycles. The van der Waals surface area contributed by atoms with Crippen molar-refractivity contribution in [2.75, 3.05) is 43.1 Å². The SMILES string of the molecule is Cn1cnnc1CC1(c2cccc(NC(=O)N3CC4(CCN(C(=O)O)C4)Oc4cccnc43)c2)COC1. The molecule has 0 radical (unpaired) electrons. The highest BCUT2D eigenvalue weighted by molar-refractivity contribution is 6.02. The van der Waals surface area contributed by atoms with Crippen LogP contribution in [0.1, 0.15) is 17.8 Å². The number of urea groups is 1. The lowest BCUT2D eigenvalue weighted by Gasteiger charge is -2.42. The second kappa shape index (κ2) is 8.73. The number of hydrogen-bond donors (Lipinski definition) is 2. The summed E-state index contributed by atoms with van der Waals surface area (Å²) in [6.07, 6.45) is 3.44. The van der Waals surface area contributed by atoms with E-state index < -0.39 is 11.7 Å². The third-order valence-electron chi connectivity index (χ3n) is 7.40. The van der Waals surface area contributed by atoms with Gasteiger partial charge in [-0.25, -0.2) is 14.6 Å². The number of pyridine rings is 1. The Morgan fingerprint density at radius 3 is 2.76 bits per heavy atom. The van der Waals surface area contributed by atoms with Gasteiger partial charge >= 0.3 is 12.1 Å². The van der Waals surface area contributed by atoms with Gasteiger partial charge in [0.05, 0.1) is 26.3 Å². The number of aromatic nitrogens is 4. The first-order valence-electron chi connectivity index (χ1n) is 12.1. The van der Waals surface area contributed by atoms with Gasteiger partial charge in [-0.1, -0.05) is 12.1 Å². The van der Waals surface area contributed by atoms with E-state index >= 15 is 0 Å². The molecule has 2 aromatic heterocycles. The van der Waals surface area contributed by atoms with Crippen LogP contribution in [-0.4, -0.2) is 80.3 Å². The summed E-state index contributed by atoms with van der Waals surface area (Å²) in [5.41, 5.74) is 0.618. The van der Waals surface area contributed by atoms with Crippen molar-refractivity contribution in [1.29, 1.82) is 0 Å². The quantitative estimate of drug-likeness (QED) is 0.551. The van der Waals surface area contributed by atoms with E-state index in [4.69, 9.17) is 9.47 Å². The van der Waals surface area contributed by atoms with E-state index in [1.807, 2.05) is 35.9 Å². The molecule has 0 saturated carbocycles. The number of rotatable bonds is 4. The molecule has 37 heavy (non-hydrogen) atoms. The van der Waals surface area contributed by atoms with Gasteiger partial charge in [-0.15, -0.1) is 10.2 Å². The molecule has 2 saturated heterocycles. The molecule has 2 fully saturated rings. The van der Waals surface area contributed by atoms with Crippen LogP contribution >= 0.6 is 0 Å². The first-order chi connectivity index (χ1) is 17.9. The van der Waals surface area contributed by atoms with E-state index in [0.29, 0.717) is 49.9 Å². The Morgan fingerprint density at radius 2 is 2.05 bits per heavy atom. The summed E-state index contributed by atoms with van der Waals surface area (Å²) in [6, 6.07) is 10.9. The summed E-state index contributed by atoms with van der Waals surface area (Å²) in [7, 11) is 1.92. The van der Waals surface area contributed by atoms with Crippen LogP contribution in [0.3, 0.4) is 0 Å². The summed E-state index contributed by atoms with van der Waals surface area (Å²) in [4.78, 5) is 32.4. The minimum Gasteiger partial charge on any atom is -0.480 e. The minimum atomic E-state index is -1.000. The highest BCUT2D eigenvalue weighted by atomic mass is 16.5. The molecule has 1 atom stereocenters. The number of aryl methyl sites for hydroxylation is 1. The van der Waals surface area contributed by atoms with Crippen molar-refractivity contribution in [3.63, 3.8) is 0 Å². The molecular weight excluding hydrogens is 478 g/mol. The maximum atomic E-state index is 13.6. The average Bonchev–Trinajstić information content (AvgIpc) is 3.47. The minimum absolute atomic E-state index is 0.181. The van der Waals surface area contributed by atoms with Gasteiger partial charge < -0.3 is 29.4 Å². The van der Waals surface area contributed by atoms with E-state index in [0.717, 1.165) is 11.4 Å². The van der Waals surface area contributed by atoms with Gasteiger partial charge in [-0.2, -0.15) is 0 Å². The van der Waals surface area contributed by atoms with Crippen LogP contribution in [0.5, 0.6) is 5.75 Å². The van der Waals surface area contributed by atoms with E-state index in [1.54, 1.807) is 29.6 Å². The molecule has 3 aliphatic heterocycles. The number of nitrogens with zero attached hydrogens (tertiary/aromatic N) is 6. The van der Waals surface area contributed by atoms with Crippen molar-refractivity contribution in [3.05, 3.63) is 60.3 Å². The molecule has 3 aliphatic rings. The molecule has 1 aromatic carbocycles. The third kappa shape index (κ3) is 4.12. The number of fused-ring (bicyclic) bond motifs is 1. The second-order valence-electron chi connectivity index (χ2n) is 9.97. The molecular formula is C25H27N7O5. The smallest absolute Gasteiger partial charge is 0.407 e. The van der Waals surface area contributed by atoms with Crippen LogP contribution in [0, 0.1) is 0 Å². The zero-order chi connectivity index (χ0) is 25.6. The van der Waals surface area contributed by atoms with Crippen LogP contribution in [0.4, 0.5) is 21.1 Å². The van der Waals surface area contributed by atoms with Crippen molar-refractivity contribution in [1.82, 2.24) is 24.6 Å². The fraction of sp³-hybridized carbons (Fsp3) is 0.400. The van der Waals surface area contributed by atoms with Crippen molar-refractivity contribution in [2.24, 2.45) is 7.05 Å². The Balaban J connectivity index is 1.24. The van der Waals surface area contributed by atoms with E-state index in [2.05, 4.69) is 20.5 Å². The van der Waals surface area contributed by atoms with E-state index in [9.17, 15) is 14.7 Å². The number of amides is 3. The Morgan fingerprint density at radius 1 is 1.19 bits per heavy atom. The molecule has 1 spiro atoms. The summed E-state index contributed by atoms with van der Waals surface area (Å²) < 4.78 is 13.7. The maximum absolute atomic E-state index is 13.6.